The van der Waals surface area contributed by atoms with Crippen LogP contribution in [0.1, 0.15) is 5.56 Å². The Bertz CT molecular complexity index is 1020. The van der Waals surface area contributed by atoms with Gasteiger partial charge in [-0.15, -0.1) is 6.42 Å². The number of terminal acetylenes is 1. The van der Waals surface area contributed by atoms with Crippen LogP contribution < -0.4 is 10.1 Å². The Labute approximate surface area is 184 Å². The molecule has 27 heavy (non-hydrogen) atoms. The van der Waals surface area contributed by atoms with Crippen LogP contribution in [0.15, 0.2) is 46.3 Å². The Balaban J connectivity index is 1.81. The lowest BCUT2D eigenvalue weighted by Crippen LogP contribution is -2.19. The van der Waals surface area contributed by atoms with Gasteiger partial charge in [-0.2, -0.15) is 0 Å². The van der Waals surface area contributed by atoms with Gasteiger partial charge in [-0.1, -0.05) is 41.3 Å². The molecule has 1 saturated heterocycles. The second-order valence-corrected chi connectivity index (χ2v) is 8.22. The number of halogens is 3. The number of carbonyl (C=O) groups excluding carboxylic acids is 1. The lowest BCUT2D eigenvalue weighted by atomic mass is 10.2. The van der Waals surface area contributed by atoms with Crippen LogP contribution in [0.2, 0.25) is 10.0 Å². The van der Waals surface area contributed by atoms with Gasteiger partial charge in [-0.25, -0.2) is 4.99 Å². The maximum absolute atomic E-state index is 12.2. The van der Waals surface area contributed by atoms with Gasteiger partial charge in [0.05, 0.1) is 24.2 Å². The van der Waals surface area contributed by atoms with Gasteiger partial charge in [0.1, 0.15) is 12.4 Å². The van der Waals surface area contributed by atoms with Crippen molar-refractivity contribution in [2.45, 2.75) is 0 Å². The average molecular weight is 529 g/mol. The molecule has 0 unspecified atom stereocenters. The normalized spacial score (nSPS) is 16.4. The molecule has 136 valence electrons. The highest BCUT2D eigenvalue weighted by atomic mass is 127. The first-order valence-corrected chi connectivity index (χ1v) is 10.2. The van der Waals surface area contributed by atoms with Gasteiger partial charge < -0.3 is 10.1 Å². The number of aliphatic imine (C=N–C) groups is 1. The highest BCUT2D eigenvalue weighted by Crippen LogP contribution is 2.34. The van der Waals surface area contributed by atoms with E-state index in [0.717, 1.165) is 9.13 Å². The fourth-order valence-electron chi connectivity index (χ4n) is 2.16. The van der Waals surface area contributed by atoms with Gasteiger partial charge in [-0.3, -0.25) is 4.79 Å². The van der Waals surface area contributed by atoms with Crippen LogP contribution in [0.5, 0.6) is 5.75 Å². The zero-order chi connectivity index (χ0) is 19.4. The van der Waals surface area contributed by atoms with E-state index in [0.29, 0.717) is 31.6 Å². The Morgan fingerprint density at radius 2 is 2.15 bits per heavy atom. The minimum atomic E-state index is -0.223. The molecule has 2 aromatic carbocycles. The zero-order valence-electron chi connectivity index (χ0n) is 13.6. The number of nitrogens with one attached hydrogen (secondary N) is 1. The summed E-state index contributed by atoms with van der Waals surface area (Å²) in [4.78, 5) is 17.1. The third-order valence-electron chi connectivity index (χ3n) is 3.37. The van der Waals surface area contributed by atoms with Crippen molar-refractivity contribution in [3.63, 3.8) is 0 Å². The number of nitrogens with zero attached hydrogens (tertiary/aromatic N) is 1. The number of carbonyl (C=O) groups is 1. The quantitative estimate of drug-likeness (QED) is 0.324. The molecule has 4 nitrogen and oxygen atoms in total. The number of ether oxygens (including phenoxy) is 1. The number of hydrogen-bond donors (Lipinski definition) is 1. The van der Waals surface area contributed by atoms with E-state index in [2.05, 4.69) is 38.8 Å². The third-order valence-corrected chi connectivity index (χ3v) is 5.93. The molecule has 0 radical (unpaired) electrons. The van der Waals surface area contributed by atoms with Crippen LogP contribution in [0, 0.1) is 15.9 Å². The molecule has 0 spiro atoms. The SMILES string of the molecule is C#CCOc1ccc(/C=C2/SC(=Nc3cccc(Cl)c3Cl)NC2=O)cc1I. The summed E-state index contributed by atoms with van der Waals surface area (Å²) >= 11 is 15.5. The summed E-state index contributed by atoms with van der Waals surface area (Å²) in [6.45, 7) is 0.209. The minimum absolute atomic E-state index is 0.209. The van der Waals surface area contributed by atoms with E-state index in [-0.39, 0.29) is 12.5 Å². The molecule has 3 rings (SSSR count). The first kappa shape index (κ1) is 20.1. The second-order valence-electron chi connectivity index (χ2n) is 5.24. The Morgan fingerprint density at radius 1 is 1.33 bits per heavy atom. The zero-order valence-corrected chi connectivity index (χ0v) is 18.1. The Hall–Kier alpha value is -1.66. The number of hydrogen-bond acceptors (Lipinski definition) is 4. The third kappa shape index (κ3) is 4.99. The molecule has 0 aromatic heterocycles. The van der Waals surface area contributed by atoms with Gasteiger partial charge in [0.25, 0.3) is 5.91 Å². The fourth-order valence-corrected chi connectivity index (χ4v) is 4.03. The van der Waals surface area contributed by atoms with E-state index in [9.17, 15) is 4.79 Å². The Morgan fingerprint density at radius 3 is 2.89 bits per heavy atom. The highest BCUT2D eigenvalue weighted by molar-refractivity contribution is 14.1. The summed E-state index contributed by atoms with van der Waals surface area (Å²) < 4.78 is 6.35. The molecule has 0 aliphatic carbocycles. The average Bonchev–Trinajstić information content (AvgIpc) is 2.97. The topological polar surface area (TPSA) is 50.7 Å². The predicted molar refractivity (Wildman–Crippen MR) is 121 cm³/mol. The molecule has 1 heterocycles. The molecule has 0 atom stereocenters. The maximum Gasteiger partial charge on any atom is 0.264 e. The van der Waals surface area contributed by atoms with Crippen molar-refractivity contribution in [1.82, 2.24) is 5.32 Å². The maximum atomic E-state index is 12.2. The van der Waals surface area contributed by atoms with Crippen LogP contribution >= 0.6 is 57.6 Å². The summed E-state index contributed by atoms with van der Waals surface area (Å²) in [7, 11) is 0. The number of amides is 1. The summed E-state index contributed by atoms with van der Waals surface area (Å²) in [5, 5.41) is 3.92. The molecule has 1 amide bonds. The van der Waals surface area contributed by atoms with E-state index in [1.165, 1.54) is 11.8 Å². The van der Waals surface area contributed by atoms with Crippen molar-refractivity contribution >= 4 is 80.4 Å². The Kier molecular flexibility index (Phi) is 6.71. The summed E-state index contributed by atoms with van der Waals surface area (Å²) in [6, 6.07) is 10.8. The van der Waals surface area contributed by atoms with Crippen LogP contribution in [0.25, 0.3) is 6.08 Å². The molecule has 1 fully saturated rings. The van der Waals surface area contributed by atoms with Gasteiger partial charge in [-0.05, 0) is 70.3 Å². The van der Waals surface area contributed by atoms with Gasteiger partial charge >= 0.3 is 0 Å². The fraction of sp³-hybridized carbons (Fsp3) is 0.0526. The lowest BCUT2D eigenvalue weighted by Gasteiger charge is -2.05. The van der Waals surface area contributed by atoms with Crippen molar-refractivity contribution in [3.05, 3.63) is 60.5 Å². The molecular weight excluding hydrogens is 518 g/mol. The minimum Gasteiger partial charge on any atom is -0.480 e. The van der Waals surface area contributed by atoms with Crippen molar-refractivity contribution in [3.8, 4) is 18.1 Å². The van der Waals surface area contributed by atoms with Crippen LogP contribution in [0.3, 0.4) is 0 Å². The van der Waals surface area contributed by atoms with E-state index in [4.69, 9.17) is 34.4 Å². The molecule has 2 aromatic rings. The molecule has 1 aliphatic rings. The first-order chi connectivity index (χ1) is 13.0. The smallest absolute Gasteiger partial charge is 0.264 e. The van der Waals surface area contributed by atoms with Crippen molar-refractivity contribution in [2.24, 2.45) is 4.99 Å². The van der Waals surface area contributed by atoms with E-state index in [1.54, 1.807) is 24.3 Å². The number of thioether (sulfide) groups is 1. The lowest BCUT2D eigenvalue weighted by molar-refractivity contribution is -0.115. The molecule has 0 saturated carbocycles. The molecule has 1 aliphatic heterocycles. The van der Waals surface area contributed by atoms with Gasteiger partial charge in [0, 0.05) is 0 Å². The van der Waals surface area contributed by atoms with Crippen LogP contribution in [0.4, 0.5) is 5.69 Å². The number of rotatable bonds is 4. The predicted octanol–water partition coefficient (Wildman–Crippen LogP) is 5.50. The van der Waals surface area contributed by atoms with Crippen LogP contribution in [-0.4, -0.2) is 17.7 Å². The largest absolute Gasteiger partial charge is 0.480 e. The van der Waals surface area contributed by atoms with Gasteiger partial charge in [0.2, 0.25) is 0 Å². The molecular formula is C19H11Cl2IN2O2S. The van der Waals surface area contributed by atoms with E-state index >= 15 is 0 Å². The monoisotopic (exact) mass is 528 g/mol. The van der Waals surface area contributed by atoms with Crippen molar-refractivity contribution < 1.29 is 9.53 Å². The number of amidine groups is 1. The summed E-state index contributed by atoms with van der Waals surface area (Å²) in [5.74, 6) is 2.91. The van der Waals surface area contributed by atoms with Gasteiger partial charge in [0.15, 0.2) is 5.17 Å². The molecule has 0 bridgehead atoms. The first-order valence-electron chi connectivity index (χ1n) is 7.57. The number of benzene rings is 2. The highest BCUT2D eigenvalue weighted by Gasteiger charge is 2.24. The van der Waals surface area contributed by atoms with E-state index < -0.39 is 0 Å². The summed E-state index contributed by atoms with van der Waals surface area (Å²) in [6.07, 6.45) is 6.99. The van der Waals surface area contributed by atoms with Crippen molar-refractivity contribution in [2.75, 3.05) is 6.61 Å². The molecule has 8 heteroatoms. The van der Waals surface area contributed by atoms with Crippen molar-refractivity contribution in [1.29, 1.82) is 0 Å². The standard InChI is InChI=1S/C19H11Cl2IN2O2S/c1-2-8-26-15-7-6-11(9-13(15)22)10-16-18(25)24-19(27-16)23-14-5-3-4-12(20)17(14)21/h1,3-7,9-10H,8H2,(H,23,24,25)/b16-10+. The molecule has 1 N–H and O–H groups in total. The van der Waals surface area contributed by atoms with Crippen LogP contribution in [-0.2, 0) is 4.79 Å². The second kappa shape index (κ2) is 9.02. The summed E-state index contributed by atoms with van der Waals surface area (Å²) in [5.41, 5.74) is 1.37. The van der Waals surface area contributed by atoms with E-state index in [1.807, 2.05) is 18.2 Å².